The number of rotatable bonds is 3. The van der Waals surface area contributed by atoms with Crippen molar-refractivity contribution in [1.82, 2.24) is 4.98 Å². The molecule has 0 aliphatic rings. The summed E-state index contributed by atoms with van der Waals surface area (Å²) in [7, 11) is -3.69. The highest BCUT2D eigenvalue weighted by molar-refractivity contribution is 9.10. The third-order valence-corrected chi connectivity index (χ3v) is 5.06. The van der Waals surface area contributed by atoms with Gasteiger partial charge in [0, 0.05) is 0 Å². The van der Waals surface area contributed by atoms with Crippen molar-refractivity contribution in [2.45, 2.75) is 24.4 Å². The van der Waals surface area contributed by atoms with E-state index in [-0.39, 0.29) is 15.3 Å². The first kappa shape index (κ1) is 15.7. The highest BCUT2D eigenvalue weighted by Gasteiger charge is 2.37. The van der Waals surface area contributed by atoms with Crippen LogP contribution < -0.4 is 0 Å². The van der Waals surface area contributed by atoms with Crippen molar-refractivity contribution < 1.29 is 21.6 Å². The summed E-state index contributed by atoms with van der Waals surface area (Å²) in [6, 6.07) is 0.770. The van der Waals surface area contributed by atoms with E-state index in [4.69, 9.17) is 11.6 Å². The first-order valence-electron chi connectivity index (χ1n) is 4.75. The predicted molar refractivity (Wildman–Crippen MR) is 64.3 cm³/mol. The van der Waals surface area contributed by atoms with Crippen LogP contribution in [0.2, 0.25) is 5.02 Å². The maximum absolute atomic E-state index is 12.5. The fourth-order valence-electron chi connectivity index (χ4n) is 1.25. The van der Waals surface area contributed by atoms with E-state index < -0.39 is 26.7 Å². The zero-order valence-corrected chi connectivity index (χ0v) is 12.2. The lowest BCUT2D eigenvalue weighted by molar-refractivity contribution is -0.141. The molecular formula is C9H8BrClF3NO2S. The van der Waals surface area contributed by atoms with Crippen molar-refractivity contribution in [3.63, 3.8) is 0 Å². The van der Waals surface area contributed by atoms with Crippen LogP contribution in [-0.4, -0.2) is 19.2 Å². The van der Waals surface area contributed by atoms with Gasteiger partial charge in [0.1, 0.15) is 9.50 Å². The molecule has 9 heteroatoms. The Hall–Kier alpha value is -0.340. The van der Waals surface area contributed by atoms with Crippen LogP contribution >= 0.6 is 27.5 Å². The van der Waals surface area contributed by atoms with Crippen LogP contribution in [0, 0.1) is 0 Å². The number of nitrogens with zero attached hydrogens (tertiary/aromatic N) is 1. The van der Waals surface area contributed by atoms with Gasteiger partial charge in [-0.3, -0.25) is 0 Å². The molecule has 3 nitrogen and oxygen atoms in total. The minimum Gasteiger partial charge on any atom is -0.233 e. The molecule has 1 aromatic rings. The third kappa shape index (κ3) is 3.36. The largest absolute Gasteiger partial charge is 0.434 e. The van der Waals surface area contributed by atoms with Crippen LogP contribution in [0.5, 0.6) is 0 Å². The van der Waals surface area contributed by atoms with Gasteiger partial charge in [0.05, 0.1) is 10.8 Å². The van der Waals surface area contributed by atoms with E-state index in [2.05, 4.69) is 20.9 Å². The van der Waals surface area contributed by atoms with Crippen LogP contribution in [0.4, 0.5) is 13.2 Å². The Kier molecular flexibility index (Phi) is 4.66. The van der Waals surface area contributed by atoms with E-state index >= 15 is 0 Å². The second-order valence-electron chi connectivity index (χ2n) is 3.42. The first-order chi connectivity index (χ1) is 8.09. The van der Waals surface area contributed by atoms with Gasteiger partial charge in [0.25, 0.3) is 0 Å². The summed E-state index contributed by atoms with van der Waals surface area (Å²) in [5.74, 6) is -0.186. The van der Waals surface area contributed by atoms with Crippen LogP contribution in [0.1, 0.15) is 19.0 Å². The maximum atomic E-state index is 12.5. The first-order valence-corrected chi connectivity index (χ1v) is 7.58. The number of alkyl halides is 3. The summed E-state index contributed by atoms with van der Waals surface area (Å²) in [6.45, 7) is 1.64. The normalized spacial score (nSPS) is 12.8. The molecule has 0 spiro atoms. The summed E-state index contributed by atoms with van der Waals surface area (Å²) in [5.41, 5.74) is -1.31. The summed E-state index contributed by atoms with van der Waals surface area (Å²) in [4.78, 5) is 2.84. The number of hydrogen-bond donors (Lipinski definition) is 0. The number of halogens is 5. The molecule has 1 rings (SSSR count). The number of sulfone groups is 1. The highest BCUT2D eigenvalue weighted by atomic mass is 79.9. The molecule has 0 saturated heterocycles. The average Bonchev–Trinajstić information content (AvgIpc) is 2.19. The Morgan fingerprint density at radius 2 is 2.00 bits per heavy atom. The van der Waals surface area contributed by atoms with E-state index in [1.165, 1.54) is 0 Å². The highest BCUT2D eigenvalue weighted by Crippen LogP contribution is 2.36. The van der Waals surface area contributed by atoms with Crippen LogP contribution in [0.3, 0.4) is 0 Å². The molecular weight excluding hydrogens is 359 g/mol. The molecule has 0 aliphatic carbocycles. The van der Waals surface area contributed by atoms with Gasteiger partial charge >= 0.3 is 6.18 Å². The predicted octanol–water partition coefficient (Wildman–Crippen LogP) is 3.70. The van der Waals surface area contributed by atoms with Gasteiger partial charge in [-0.15, -0.1) is 0 Å². The quantitative estimate of drug-likeness (QED) is 0.766. The topological polar surface area (TPSA) is 47.0 Å². The molecule has 0 amide bonds. The monoisotopic (exact) mass is 365 g/mol. The molecule has 0 fully saturated rings. The Balaban J connectivity index is 3.42. The minimum atomic E-state index is -4.73. The smallest absolute Gasteiger partial charge is 0.233 e. The second-order valence-corrected chi connectivity index (χ2v) is 6.66. The molecule has 0 bridgehead atoms. The molecule has 0 aromatic carbocycles. The van der Waals surface area contributed by atoms with Gasteiger partial charge in [-0.2, -0.15) is 13.2 Å². The van der Waals surface area contributed by atoms with Gasteiger partial charge in [-0.1, -0.05) is 18.5 Å². The SMILES string of the molecule is CCCS(=O)(=O)c1cc(Cl)c(C(F)(F)F)nc1Br. The van der Waals surface area contributed by atoms with Gasteiger partial charge < -0.3 is 0 Å². The number of pyridine rings is 1. The standard InChI is InChI=1S/C9H8BrClF3NO2S/c1-2-3-18(16,17)6-4-5(11)7(9(12,13)14)15-8(6)10/h4H,2-3H2,1H3. The molecule has 0 atom stereocenters. The number of hydrogen-bond acceptors (Lipinski definition) is 3. The molecule has 1 heterocycles. The lowest BCUT2D eigenvalue weighted by atomic mass is 10.3. The van der Waals surface area contributed by atoms with Gasteiger partial charge in [0.2, 0.25) is 0 Å². The van der Waals surface area contributed by atoms with E-state index in [9.17, 15) is 21.6 Å². The Bertz CT molecular complexity index is 560. The Morgan fingerprint density at radius 3 is 2.44 bits per heavy atom. The minimum absolute atomic E-state index is 0.186. The van der Waals surface area contributed by atoms with E-state index in [0.29, 0.717) is 6.42 Å². The zero-order valence-electron chi connectivity index (χ0n) is 9.05. The fraction of sp³-hybridized carbons (Fsp3) is 0.444. The van der Waals surface area contributed by atoms with Gasteiger partial charge in [-0.25, -0.2) is 13.4 Å². The van der Waals surface area contributed by atoms with E-state index in [1.54, 1.807) is 6.92 Å². The van der Waals surface area contributed by atoms with Crippen molar-refractivity contribution in [2.75, 3.05) is 5.75 Å². The average molecular weight is 367 g/mol. The summed E-state index contributed by atoms with van der Waals surface area (Å²) in [5, 5.41) is -0.736. The molecule has 0 radical (unpaired) electrons. The summed E-state index contributed by atoms with van der Waals surface area (Å²) < 4.78 is 60.6. The van der Waals surface area contributed by atoms with Crippen LogP contribution in [0.15, 0.2) is 15.6 Å². The summed E-state index contributed by atoms with van der Waals surface area (Å²) >= 11 is 8.16. The molecule has 18 heavy (non-hydrogen) atoms. The third-order valence-electron chi connectivity index (χ3n) is 1.97. The molecule has 0 aliphatic heterocycles. The zero-order chi connectivity index (χ0) is 14.1. The summed E-state index contributed by atoms with van der Waals surface area (Å²) in [6.07, 6.45) is -4.39. The number of aromatic nitrogens is 1. The van der Waals surface area contributed by atoms with Crippen molar-refractivity contribution in [3.05, 3.63) is 21.4 Å². The van der Waals surface area contributed by atoms with Crippen LogP contribution in [-0.2, 0) is 16.0 Å². The van der Waals surface area contributed by atoms with Crippen molar-refractivity contribution in [2.24, 2.45) is 0 Å². The molecule has 0 saturated carbocycles. The second kappa shape index (κ2) is 5.34. The lowest BCUT2D eigenvalue weighted by Crippen LogP contribution is -2.13. The van der Waals surface area contributed by atoms with E-state index in [0.717, 1.165) is 6.07 Å². The molecule has 1 aromatic heterocycles. The Labute approximate surface area is 115 Å². The lowest BCUT2D eigenvalue weighted by Gasteiger charge is -2.11. The molecule has 102 valence electrons. The van der Waals surface area contributed by atoms with Gasteiger partial charge in [0.15, 0.2) is 15.5 Å². The van der Waals surface area contributed by atoms with Crippen molar-refractivity contribution >= 4 is 37.4 Å². The molecule has 0 N–H and O–H groups in total. The van der Waals surface area contributed by atoms with Crippen molar-refractivity contribution in [1.29, 1.82) is 0 Å². The Morgan fingerprint density at radius 1 is 1.44 bits per heavy atom. The van der Waals surface area contributed by atoms with Crippen LogP contribution in [0.25, 0.3) is 0 Å². The molecule has 0 unspecified atom stereocenters. The van der Waals surface area contributed by atoms with Crippen molar-refractivity contribution in [3.8, 4) is 0 Å². The maximum Gasteiger partial charge on any atom is 0.434 e. The van der Waals surface area contributed by atoms with E-state index in [1.807, 2.05) is 0 Å². The fourth-order valence-corrected chi connectivity index (χ4v) is 3.96. The van der Waals surface area contributed by atoms with Gasteiger partial charge in [-0.05, 0) is 28.4 Å².